The minimum atomic E-state index is -4.17. The van der Waals surface area contributed by atoms with E-state index in [1.165, 1.54) is 25.1 Å². The zero-order valence-corrected chi connectivity index (χ0v) is 20.8. The Morgan fingerprint density at radius 1 is 1.31 bits per heavy atom. The minimum absolute atomic E-state index is 0.0248. The fourth-order valence-corrected chi connectivity index (χ4v) is 5.21. The van der Waals surface area contributed by atoms with Crippen molar-refractivity contribution in [3.63, 3.8) is 0 Å². The van der Waals surface area contributed by atoms with Crippen LogP contribution in [0.3, 0.4) is 0 Å². The lowest BCUT2D eigenvalue weighted by Crippen LogP contribution is -2.41. The third-order valence-corrected chi connectivity index (χ3v) is 6.84. The Balaban J connectivity index is 1.60. The first-order valence-corrected chi connectivity index (χ1v) is 12.8. The van der Waals surface area contributed by atoms with Gasteiger partial charge in [0.05, 0.1) is 25.3 Å². The normalized spacial score (nSPS) is 18.7. The molecule has 1 amide bonds. The van der Waals surface area contributed by atoms with E-state index in [9.17, 15) is 18.0 Å². The molecule has 0 aliphatic carbocycles. The van der Waals surface area contributed by atoms with Crippen LogP contribution in [-0.2, 0) is 35.6 Å². The molecule has 4 rings (SSSR count). The van der Waals surface area contributed by atoms with Gasteiger partial charge < -0.3 is 24.1 Å². The molecule has 192 valence electrons. The molecular weight excluding hydrogens is 490 g/mol. The Labute approximate surface area is 208 Å². The minimum Gasteiger partial charge on any atom is -0.487 e. The number of sulfonamides is 1. The van der Waals surface area contributed by atoms with Gasteiger partial charge in [-0.05, 0) is 38.1 Å². The highest BCUT2D eigenvalue weighted by atomic mass is 32.2. The van der Waals surface area contributed by atoms with Gasteiger partial charge >= 0.3 is 5.97 Å². The lowest BCUT2D eigenvalue weighted by atomic mass is 10.2. The van der Waals surface area contributed by atoms with Gasteiger partial charge in [-0.3, -0.25) is 9.59 Å². The molecule has 3 aromatic rings. The van der Waals surface area contributed by atoms with Crippen LogP contribution in [0.1, 0.15) is 27.2 Å². The Kier molecular flexibility index (Phi) is 7.52. The van der Waals surface area contributed by atoms with E-state index in [1.54, 1.807) is 37.0 Å². The number of amides is 1. The maximum atomic E-state index is 13.3. The largest absolute Gasteiger partial charge is 0.487 e. The Morgan fingerprint density at radius 3 is 2.86 bits per heavy atom. The number of rotatable bonds is 10. The van der Waals surface area contributed by atoms with Crippen LogP contribution in [0.15, 0.2) is 47.8 Å². The Bertz CT molecular complexity index is 1370. The van der Waals surface area contributed by atoms with Crippen molar-refractivity contribution in [2.75, 3.05) is 11.9 Å². The first-order chi connectivity index (χ1) is 17.2. The first kappa shape index (κ1) is 25.5. The zero-order valence-electron chi connectivity index (χ0n) is 20.0. The van der Waals surface area contributed by atoms with E-state index < -0.39 is 34.4 Å². The molecule has 0 spiro atoms. The molecule has 2 N–H and O–H groups in total. The summed E-state index contributed by atoms with van der Waals surface area (Å²) >= 11 is 0. The lowest BCUT2D eigenvalue weighted by molar-refractivity contribution is -0.163. The standard InChI is InChI=1S/C23H27N5O7S/c1-4-33-23-18(11-21(30)35-23)27-36(31,32)20-8-7-16(26-15(3)29)10-19(20)34-14(2)12-28-13-25-17-6-5-9-24-22(17)28/h5-10,13-14,18,23,27H,4,11-12H2,1-3H3,(H,26,29)/t14-,18?,23?/m1/s1. The number of nitrogens with one attached hydrogen (secondary N) is 2. The third kappa shape index (κ3) is 5.80. The van der Waals surface area contributed by atoms with Crippen molar-refractivity contribution in [2.24, 2.45) is 0 Å². The SMILES string of the molecule is CCOC1OC(=O)CC1NS(=O)(=O)c1ccc(NC(C)=O)cc1O[C@H](C)Cn1cnc2cccnc21. The highest BCUT2D eigenvalue weighted by Gasteiger charge is 2.39. The number of benzene rings is 1. The summed E-state index contributed by atoms with van der Waals surface area (Å²) in [6.07, 6.45) is 1.60. The highest BCUT2D eigenvalue weighted by molar-refractivity contribution is 7.89. The van der Waals surface area contributed by atoms with Gasteiger partial charge in [0.2, 0.25) is 22.2 Å². The van der Waals surface area contributed by atoms with Crippen molar-refractivity contribution in [3.8, 4) is 5.75 Å². The van der Waals surface area contributed by atoms with E-state index in [0.29, 0.717) is 17.9 Å². The van der Waals surface area contributed by atoms with Crippen LogP contribution >= 0.6 is 0 Å². The molecule has 0 saturated carbocycles. The average molecular weight is 518 g/mol. The number of carbonyl (C=O) groups is 2. The molecule has 3 heterocycles. The number of ether oxygens (including phenoxy) is 3. The van der Waals surface area contributed by atoms with E-state index in [1.807, 2.05) is 6.07 Å². The van der Waals surface area contributed by atoms with Crippen LogP contribution < -0.4 is 14.8 Å². The summed E-state index contributed by atoms with van der Waals surface area (Å²) in [6, 6.07) is 6.95. The van der Waals surface area contributed by atoms with Gasteiger partial charge in [-0.15, -0.1) is 0 Å². The molecule has 13 heteroatoms. The van der Waals surface area contributed by atoms with Crippen molar-refractivity contribution in [1.29, 1.82) is 0 Å². The highest BCUT2D eigenvalue weighted by Crippen LogP contribution is 2.30. The maximum absolute atomic E-state index is 13.3. The summed E-state index contributed by atoms with van der Waals surface area (Å²) in [4.78, 5) is 31.8. The quantitative estimate of drug-likeness (QED) is 0.384. The molecule has 1 saturated heterocycles. The fraction of sp³-hybridized carbons (Fsp3) is 0.391. The number of hydrogen-bond donors (Lipinski definition) is 2. The van der Waals surface area contributed by atoms with Crippen LogP contribution in [0.25, 0.3) is 11.2 Å². The second-order valence-electron chi connectivity index (χ2n) is 8.26. The number of imidazole rings is 1. The van der Waals surface area contributed by atoms with Crippen LogP contribution in [0.5, 0.6) is 5.75 Å². The molecule has 36 heavy (non-hydrogen) atoms. The number of carbonyl (C=O) groups excluding carboxylic acids is 2. The second kappa shape index (κ2) is 10.6. The number of nitrogens with zero attached hydrogens (tertiary/aromatic N) is 3. The topological polar surface area (TPSA) is 151 Å². The van der Waals surface area contributed by atoms with Crippen molar-refractivity contribution >= 4 is 38.8 Å². The zero-order chi connectivity index (χ0) is 25.9. The number of hydrogen-bond acceptors (Lipinski definition) is 9. The van der Waals surface area contributed by atoms with E-state index >= 15 is 0 Å². The average Bonchev–Trinajstić information content (AvgIpc) is 3.36. The van der Waals surface area contributed by atoms with Crippen molar-refractivity contribution in [3.05, 3.63) is 42.9 Å². The summed E-state index contributed by atoms with van der Waals surface area (Å²) < 4.78 is 47.5. The predicted molar refractivity (Wildman–Crippen MR) is 129 cm³/mol. The Morgan fingerprint density at radius 2 is 2.11 bits per heavy atom. The van der Waals surface area contributed by atoms with Crippen molar-refractivity contribution < 1.29 is 32.2 Å². The molecule has 2 aromatic heterocycles. The van der Waals surface area contributed by atoms with Crippen LogP contribution in [0, 0.1) is 0 Å². The second-order valence-corrected chi connectivity index (χ2v) is 9.94. The lowest BCUT2D eigenvalue weighted by Gasteiger charge is -2.22. The molecule has 1 fully saturated rings. The fourth-order valence-electron chi connectivity index (χ4n) is 3.87. The molecular formula is C23H27N5O7S. The van der Waals surface area contributed by atoms with Crippen molar-refractivity contribution in [1.82, 2.24) is 19.3 Å². The smallest absolute Gasteiger partial charge is 0.310 e. The van der Waals surface area contributed by atoms with Gasteiger partial charge in [-0.2, -0.15) is 0 Å². The summed E-state index contributed by atoms with van der Waals surface area (Å²) in [5.74, 6) is -0.856. The Hall–Kier alpha value is -3.55. The van der Waals surface area contributed by atoms with Crippen LogP contribution in [0.4, 0.5) is 5.69 Å². The number of cyclic esters (lactones) is 1. The monoisotopic (exact) mass is 517 g/mol. The molecule has 1 aliphatic rings. The predicted octanol–water partition coefficient (Wildman–Crippen LogP) is 1.81. The van der Waals surface area contributed by atoms with Crippen molar-refractivity contribution in [2.45, 2.75) is 57.1 Å². The van der Waals surface area contributed by atoms with E-state index in [0.717, 1.165) is 5.52 Å². The van der Waals surface area contributed by atoms with Gasteiger partial charge in [-0.1, -0.05) is 0 Å². The summed E-state index contributed by atoms with van der Waals surface area (Å²) in [7, 11) is -4.17. The molecule has 0 bridgehead atoms. The summed E-state index contributed by atoms with van der Waals surface area (Å²) in [6.45, 7) is 5.41. The van der Waals surface area contributed by atoms with Gasteiger partial charge in [0.15, 0.2) is 5.65 Å². The van der Waals surface area contributed by atoms with E-state index in [-0.39, 0.29) is 29.6 Å². The summed E-state index contributed by atoms with van der Waals surface area (Å²) in [5, 5.41) is 2.63. The number of aromatic nitrogens is 3. The van der Waals surface area contributed by atoms with Gasteiger partial charge in [0.25, 0.3) is 0 Å². The molecule has 2 unspecified atom stereocenters. The first-order valence-electron chi connectivity index (χ1n) is 11.3. The molecule has 1 aliphatic heterocycles. The molecule has 12 nitrogen and oxygen atoms in total. The van der Waals surface area contributed by atoms with E-state index in [4.69, 9.17) is 14.2 Å². The van der Waals surface area contributed by atoms with E-state index in [2.05, 4.69) is 20.0 Å². The molecule has 0 radical (unpaired) electrons. The van der Waals surface area contributed by atoms with Gasteiger partial charge in [0.1, 0.15) is 22.3 Å². The summed E-state index contributed by atoms with van der Waals surface area (Å²) in [5.41, 5.74) is 1.76. The number of pyridine rings is 1. The maximum Gasteiger partial charge on any atom is 0.310 e. The number of fused-ring (bicyclic) bond motifs is 1. The van der Waals surface area contributed by atoms with Gasteiger partial charge in [0, 0.05) is 31.5 Å². The third-order valence-electron chi connectivity index (χ3n) is 5.31. The number of esters is 1. The molecule has 1 aromatic carbocycles. The number of anilines is 1. The molecule has 3 atom stereocenters. The van der Waals surface area contributed by atoms with Crippen LogP contribution in [-0.4, -0.2) is 59.9 Å². The van der Waals surface area contributed by atoms with Gasteiger partial charge in [-0.25, -0.2) is 23.1 Å². The van der Waals surface area contributed by atoms with Crippen LogP contribution in [0.2, 0.25) is 0 Å².